The number of halogens is 1. The standard InChI is InChI=1S/C13H13ClN2O4/c1-8-4-13(16(18)19)11(14)5-12(8)15-6-9-2-3-10(7-17)20-9/h2-5,15,17H,6-7H2,1H3. The number of nitrogens with zero attached hydrogens (tertiary/aromatic N) is 1. The highest BCUT2D eigenvalue weighted by Gasteiger charge is 2.15. The molecule has 0 saturated heterocycles. The number of aryl methyl sites for hydroxylation is 1. The Balaban J connectivity index is 2.13. The number of furan rings is 1. The van der Waals surface area contributed by atoms with E-state index in [1.165, 1.54) is 12.1 Å². The second-order valence-electron chi connectivity index (χ2n) is 4.26. The molecule has 2 aromatic rings. The fraction of sp³-hybridized carbons (Fsp3) is 0.231. The van der Waals surface area contributed by atoms with Crippen molar-refractivity contribution in [2.45, 2.75) is 20.1 Å². The molecule has 2 N–H and O–H groups in total. The van der Waals surface area contributed by atoms with Gasteiger partial charge in [-0.15, -0.1) is 0 Å². The first-order chi connectivity index (χ1) is 9.51. The van der Waals surface area contributed by atoms with Gasteiger partial charge >= 0.3 is 0 Å². The summed E-state index contributed by atoms with van der Waals surface area (Å²) in [6.07, 6.45) is 0. The minimum atomic E-state index is -0.515. The first kappa shape index (κ1) is 14.4. The van der Waals surface area contributed by atoms with Crippen molar-refractivity contribution >= 4 is 23.0 Å². The van der Waals surface area contributed by atoms with Crippen molar-refractivity contribution in [1.29, 1.82) is 0 Å². The van der Waals surface area contributed by atoms with Gasteiger partial charge in [-0.3, -0.25) is 10.1 Å². The largest absolute Gasteiger partial charge is 0.462 e. The number of anilines is 1. The number of nitrogens with one attached hydrogen (secondary N) is 1. The summed E-state index contributed by atoms with van der Waals surface area (Å²) >= 11 is 5.87. The van der Waals surface area contributed by atoms with Gasteiger partial charge in [0.25, 0.3) is 5.69 Å². The van der Waals surface area contributed by atoms with Crippen LogP contribution in [0.25, 0.3) is 0 Å². The third kappa shape index (κ3) is 3.09. The third-order valence-corrected chi connectivity index (χ3v) is 3.12. The fourth-order valence-electron chi connectivity index (χ4n) is 1.78. The van der Waals surface area contributed by atoms with Crippen LogP contribution < -0.4 is 5.32 Å². The van der Waals surface area contributed by atoms with Crippen molar-refractivity contribution in [2.24, 2.45) is 0 Å². The zero-order chi connectivity index (χ0) is 14.7. The molecular weight excluding hydrogens is 284 g/mol. The molecule has 106 valence electrons. The van der Waals surface area contributed by atoms with Crippen LogP contribution in [0.4, 0.5) is 11.4 Å². The Kier molecular flexibility index (Phi) is 4.26. The van der Waals surface area contributed by atoms with E-state index in [-0.39, 0.29) is 17.3 Å². The average Bonchev–Trinajstić information content (AvgIpc) is 2.87. The lowest BCUT2D eigenvalue weighted by molar-refractivity contribution is -0.384. The molecule has 0 unspecified atom stereocenters. The van der Waals surface area contributed by atoms with E-state index in [1.807, 2.05) is 0 Å². The summed E-state index contributed by atoms with van der Waals surface area (Å²) in [6.45, 7) is 2.00. The van der Waals surface area contributed by atoms with Crippen LogP contribution in [0, 0.1) is 17.0 Å². The number of rotatable bonds is 5. The number of hydrogen-bond acceptors (Lipinski definition) is 5. The highest BCUT2D eigenvalue weighted by atomic mass is 35.5. The van der Waals surface area contributed by atoms with Crippen LogP contribution >= 0.6 is 11.6 Å². The van der Waals surface area contributed by atoms with E-state index in [0.29, 0.717) is 23.8 Å². The van der Waals surface area contributed by atoms with Crippen LogP contribution in [-0.2, 0) is 13.2 Å². The topological polar surface area (TPSA) is 88.5 Å². The van der Waals surface area contributed by atoms with E-state index >= 15 is 0 Å². The van der Waals surface area contributed by atoms with Crippen molar-refractivity contribution in [3.05, 3.63) is 56.5 Å². The second kappa shape index (κ2) is 5.94. The molecule has 0 aliphatic heterocycles. The van der Waals surface area contributed by atoms with E-state index in [0.717, 1.165) is 5.56 Å². The lowest BCUT2D eigenvalue weighted by atomic mass is 10.1. The van der Waals surface area contributed by atoms with Crippen molar-refractivity contribution < 1.29 is 14.4 Å². The molecule has 1 aromatic heterocycles. The Bertz CT molecular complexity index is 639. The molecule has 6 nitrogen and oxygen atoms in total. The molecule has 1 aromatic carbocycles. The summed E-state index contributed by atoms with van der Waals surface area (Å²) < 4.78 is 5.33. The zero-order valence-corrected chi connectivity index (χ0v) is 11.5. The van der Waals surface area contributed by atoms with Gasteiger partial charge in [-0.2, -0.15) is 0 Å². The van der Waals surface area contributed by atoms with Gasteiger partial charge in [-0.25, -0.2) is 0 Å². The number of aliphatic hydroxyl groups excluding tert-OH is 1. The first-order valence-electron chi connectivity index (χ1n) is 5.88. The Hall–Kier alpha value is -2.05. The Morgan fingerprint density at radius 3 is 2.70 bits per heavy atom. The molecule has 1 heterocycles. The Labute approximate surface area is 120 Å². The monoisotopic (exact) mass is 296 g/mol. The van der Waals surface area contributed by atoms with E-state index in [4.69, 9.17) is 21.1 Å². The summed E-state index contributed by atoms with van der Waals surface area (Å²) in [5, 5.41) is 22.8. The summed E-state index contributed by atoms with van der Waals surface area (Å²) in [4.78, 5) is 10.2. The third-order valence-electron chi connectivity index (χ3n) is 2.82. The minimum Gasteiger partial charge on any atom is -0.462 e. The molecule has 0 amide bonds. The van der Waals surface area contributed by atoms with Gasteiger partial charge in [0.2, 0.25) is 0 Å². The molecule has 0 aliphatic carbocycles. The highest BCUT2D eigenvalue weighted by Crippen LogP contribution is 2.30. The molecule has 7 heteroatoms. The first-order valence-corrected chi connectivity index (χ1v) is 6.26. The predicted molar refractivity (Wildman–Crippen MR) is 74.8 cm³/mol. The molecular formula is C13H13ClN2O4. The molecule has 2 rings (SSSR count). The van der Waals surface area contributed by atoms with Crippen LogP contribution in [0.1, 0.15) is 17.1 Å². The predicted octanol–water partition coefficient (Wildman–Crippen LogP) is 3.25. The van der Waals surface area contributed by atoms with E-state index < -0.39 is 4.92 Å². The number of benzene rings is 1. The van der Waals surface area contributed by atoms with Crippen LogP contribution in [0.5, 0.6) is 0 Å². The van der Waals surface area contributed by atoms with Crippen LogP contribution in [0.3, 0.4) is 0 Å². The van der Waals surface area contributed by atoms with Crippen molar-refractivity contribution in [2.75, 3.05) is 5.32 Å². The Morgan fingerprint density at radius 1 is 1.40 bits per heavy atom. The number of aliphatic hydroxyl groups is 1. The maximum Gasteiger partial charge on any atom is 0.288 e. The van der Waals surface area contributed by atoms with Crippen LogP contribution in [0.15, 0.2) is 28.7 Å². The van der Waals surface area contributed by atoms with E-state index in [9.17, 15) is 10.1 Å². The van der Waals surface area contributed by atoms with E-state index in [1.54, 1.807) is 19.1 Å². The SMILES string of the molecule is Cc1cc([N+](=O)[O-])c(Cl)cc1NCc1ccc(CO)o1. The van der Waals surface area contributed by atoms with Gasteiger partial charge in [0.15, 0.2) is 0 Å². The number of nitro benzene ring substituents is 1. The van der Waals surface area contributed by atoms with Crippen LogP contribution in [0.2, 0.25) is 5.02 Å². The zero-order valence-electron chi connectivity index (χ0n) is 10.7. The minimum absolute atomic E-state index is 0.0820. The van der Waals surface area contributed by atoms with Crippen LogP contribution in [-0.4, -0.2) is 10.0 Å². The molecule has 0 radical (unpaired) electrons. The Morgan fingerprint density at radius 2 is 2.10 bits per heavy atom. The van der Waals surface area contributed by atoms with Gasteiger partial charge in [-0.1, -0.05) is 11.6 Å². The summed E-state index contributed by atoms with van der Waals surface area (Å²) in [7, 11) is 0. The maximum atomic E-state index is 10.8. The lowest BCUT2D eigenvalue weighted by Gasteiger charge is -2.09. The van der Waals surface area contributed by atoms with Gasteiger partial charge in [0.05, 0.1) is 11.5 Å². The molecule has 0 saturated carbocycles. The van der Waals surface area contributed by atoms with Crippen molar-refractivity contribution in [3.63, 3.8) is 0 Å². The summed E-state index contributed by atoms with van der Waals surface area (Å²) in [6, 6.07) is 6.38. The lowest BCUT2D eigenvalue weighted by Crippen LogP contribution is -2.01. The van der Waals surface area contributed by atoms with E-state index in [2.05, 4.69) is 5.32 Å². The molecule has 0 fully saturated rings. The smallest absolute Gasteiger partial charge is 0.288 e. The van der Waals surface area contributed by atoms with Crippen molar-refractivity contribution in [3.8, 4) is 0 Å². The van der Waals surface area contributed by atoms with Gasteiger partial charge in [-0.05, 0) is 30.7 Å². The molecule has 0 aliphatic rings. The second-order valence-corrected chi connectivity index (χ2v) is 4.66. The fourth-order valence-corrected chi connectivity index (χ4v) is 2.01. The molecule has 20 heavy (non-hydrogen) atoms. The summed E-state index contributed by atoms with van der Waals surface area (Å²) in [5.74, 6) is 1.14. The average molecular weight is 297 g/mol. The molecule has 0 atom stereocenters. The van der Waals surface area contributed by atoms with Gasteiger partial charge in [0.1, 0.15) is 23.2 Å². The highest BCUT2D eigenvalue weighted by molar-refractivity contribution is 6.33. The molecule has 0 spiro atoms. The molecule has 0 bridgehead atoms. The van der Waals surface area contributed by atoms with Gasteiger partial charge < -0.3 is 14.8 Å². The van der Waals surface area contributed by atoms with Crippen molar-refractivity contribution in [1.82, 2.24) is 0 Å². The number of hydrogen-bond donors (Lipinski definition) is 2. The maximum absolute atomic E-state index is 10.8. The quantitative estimate of drug-likeness (QED) is 0.653. The van der Waals surface area contributed by atoms with Gasteiger partial charge in [0, 0.05) is 11.8 Å². The normalized spacial score (nSPS) is 10.6. The number of nitro groups is 1. The summed E-state index contributed by atoms with van der Waals surface area (Å²) in [5.41, 5.74) is 1.30.